The van der Waals surface area contributed by atoms with Crippen molar-refractivity contribution in [3.63, 3.8) is 0 Å². The summed E-state index contributed by atoms with van der Waals surface area (Å²) in [7, 11) is 0. The van der Waals surface area contributed by atoms with Crippen LogP contribution in [0.25, 0.3) is 23.3 Å². The first-order valence-corrected chi connectivity index (χ1v) is 10.0. The van der Waals surface area contributed by atoms with Gasteiger partial charge in [0.15, 0.2) is 0 Å². The Morgan fingerprint density at radius 1 is 1.07 bits per heavy atom. The van der Waals surface area contributed by atoms with Crippen molar-refractivity contribution in [3.8, 4) is 11.1 Å². The standard InChI is InChI=1S/C25H33NO/c1-7-9-10-15-21-23(20-14-12-11-13-19(20)8-2)22(16-27)25(18(5)6)26-24(21)17(3)4/h8,10-15,17-18,27H,2,7,9,16H2,1,3-6H3. The molecule has 2 heteroatoms. The molecule has 0 saturated carbocycles. The Kier molecular flexibility index (Phi) is 7.55. The molecule has 1 aromatic heterocycles. The largest absolute Gasteiger partial charge is 0.392 e. The summed E-state index contributed by atoms with van der Waals surface area (Å²) in [6, 6.07) is 8.28. The highest BCUT2D eigenvalue weighted by Crippen LogP contribution is 2.39. The molecule has 0 fully saturated rings. The predicted octanol–water partition coefficient (Wildman–Crippen LogP) is 6.94. The number of nitrogens with zero attached hydrogens (tertiary/aromatic N) is 1. The fourth-order valence-corrected chi connectivity index (χ4v) is 3.50. The number of aromatic nitrogens is 1. The van der Waals surface area contributed by atoms with Gasteiger partial charge in [0.1, 0.15) is 0 Å². The Hall–Kier alpha value is -2.19. The van der Waals surface area contributed by atoms with Gasteiger partial charge in [-0.25, -0.2) is 0 Å². The molecule has 0 atom stereocenters. The van der Waals surface area contributed by atoms with Crippen LogP contribution in [-0.4, -0.2) is 10.1 Å². The third kappa shape index (κ3) is 4.56. The van der Waals surface area contributed by atoms with Crippen molar-refractivity contribution in [3.05, 3.63) is 65.0 Å². The zero-order valence-electron chi connectivity index (χ0n) is 17.4. The number of aliphatic hydroxyl groups is 1. The van der Waals surface area contributed by atoms with E-state index in [-0.39, 0.29) is 12.5 Å². The number of unbranched alkanes of at least 4 members (excludes halogenated alkanes) is 1. The molecule has 2 rings (SSSR count). The van der Waals surface area contributed by atoms with Crippen LogP contribution in [-0.2, 0) is 6.61 Å². The molecule has 0 aliphatic rings. The van der Waals surface area contributed by atoms with Crippen molar-refractivity contribution < 1.29 is 5.11 Å². The van der Waals surface area contributed by atoms with Gasteiger partial charge in [-0.15, -0.1) is 0 Å². The summed E-state index contributed by atoms with van der Waals surface area (Å²) in [5.41, 5.74) is 7.43. The Balaban J connectivity index is 2.96. The van der Waals surface area contributed by atoms with E-state index in [2.05, 4.69) is 65.5 Å². The smallest absolute Gasteiger partial charge is 0.0706 e. The maximum absolute atomic E-state index is 10.3. The van der Waals surface area contributed by atoms with Crippen LogP contribution in [0, 0.1) is 0 Å². The van der Waals surface area contributed by atoms with E-state index in [1.807, 2.05) is 18.2 Å². The quantitative estimate of drug-likeness (QED) is 0.551. The minimum absolute atomic E-state index is 0.0195. The maximum Gasteiger partial charge on any atom is 0.0706 e. The molecule has 0 aliphatic carbocycles. The number of pyridine rings is 1. The summed E-state index contributed by atoms with van der Waals surface area (Å²) in [6.45, 7) is 14.8. The van der Waals surface area contributed by atoms with Crippen LogP contribution >= 0.6 is 0 Å². The minimum Gasteiger partial charge on any atom is -0.392 e. The Morgan fingerprint density at radius 2 is 1.74 bits per heavy atom. The summed E-state index contributed by atoms with van der Waals surface area (Å²) >= 11 is 0. The van der Waals surface area contributed by atoms with E-state index in [0.717, 1.165) is 52.0 Å². The molecule has 144 valence electrons. The van der Waals surface area contributed by atoms with Gasteiger partial charge >= 0.3 is 0 Å². The molecule has 0 spiro atoms. The van der Waals surface area contributed by atoms with Crippen molar-refractivity contribution in [1.82, 2.24) is 4.98 Å². The van der Waals surface area contributed by atoms with E-state index < -0.39 is 0 Å². The minimum atomic E-state index is -0.0195. The highest BCUT2D eigenvalue weighted by Gasteiger charge is 2.23. The molecule has 0 radical (unpaired) electrons. The first kappa shape index (κ1) is 21.1. The van der Waals surface area contributed by atoms with Crippen molar-refractivity contribution in [2.75, 3.05) is 0 Å². The highest BCUT2D eigenvalue weighted by atomic mass is 16.3. The summed E-state index contributed by atoms with van der Waals surface area (Å²) in [6.07, 6.45) is 8.45. The molecule has 2 nitrogen and oxygen atoms in total. The van der Waals surface area contributed by atoms with Crippen molar-refractivity contribution in [2.24, 2.45) is 0 Å². The maximum atomic E-state index is 10.3. The molecule has 0 amide bonds. The van der Waals surface area contributed by atoms with Crippen LogP contribution in [0.3, 0.4) is 0 Å². The van der Waals surface area contributed by atoms with Crippen LogP contribution in [0.15, 0.2) is 36.9 Å². The molecule has 1 N–H and O–H groups in total. The first-order valence-electron chi connectivity index (χ1n) is 10.0. The topological polar surface area (TPSA) is 33.1 Å². The van der Waals surface area contributed by atoms with E-state index in [1.54, 1.807) is 0 Å². The van der Waals surface area contributed by atoms with Crippen LogP contribution in [0.5, 0.6) is 0 Å². The summed E-state index contributed by atoms with van der Waals surface area (Å²) in [5.74, 6) is 0.541. The molecular weight excluding hydrogens is 330 g/mol. The number of aliphatic hydroxyl groups excluding tert-OH is 1. The van der Waals surface area contributed by atoms with Gasteiger partial charge in [-0.2, -0.15) is 0 Å². The second-order valence-electron chi connectivity index (χ2n) is 7.60. The SMILES string of the molecule is C=Cc1ccccc1-c1c(C=CCCC)c(C(C)C)nc(C(C)C)c1CO. The van der Waals surface area contributed by atoms with Crippen LogP contribution in [0.4, 0.5) is 0 Å². The van der Waals surface area contributed by atoms with Gasteiger partial charge in [-0.1, -0.05) is 90.1 Å². The first-order chi connectivity index (χ1) is 13.0. The molecule has 0 aliphatic heterocycles. The van der Waals surface area contributed by atoms with E-state index in [0.29, 0.717) is 5.92 Å². The molecule has 0 unspecified atom stereocenters. The molecule has 0 saturated heterocycles. The Bertz CT molecular complexity index is 815. The predicted molar refractivity (Wildman–Crippen MR) is 118 cm³/mol. The number of allylic oxidation sites excluding steroid dienone is 1. The lowest BCUT2D eigenvalue weighted by Crippen LogP contribution is -2.11. The normalized spacial score (nSPS) is 11.7. The van der Waals surface area contributed by atoms with E-state index in [4.69, 9.17) is 4.98 Å². The van der Waals surface area contributed by atoms with E-state index in [9.17, 15) is 5.11 Å². The number of hydrogen-bond donors (Lipinski definition) is 1. The van der Waals surface area contributed by atoms with Crippen LogP contribution in [0.2, 0.25) is 0 Å². The van der Waals surface area contributed by atoms with Gasteiger partial charge in [-0.05, 0) is 34.9 Å². The zero-order chi connectivity index (χ0) is 20.0. The van der Waals surface area contributed by atoms with Crippen molar-refractivity contribution in [1.29, 1.82) is 0 Å². The fraction of sp³-hybridized carbons (Fsp3) is 0.400. The van der Waals surface area contributed by atoms with Crippen LogP contribution in [0.1, 0.15) is 87.4 Å². The third-order valence-corrected chi connectivity index (χ3v) is 4.84. The molecule has 27 heavy (non-hydrogen) atoms. The molecule has 2 aromatic rings. The Labute approximate surface area is 164 Å². The van der Waals surface area contributed by atoms with Crippen molar-refractivity contribution in [2.45, 2.75) is 65.9 Å². The van der Waals surface area contributed by atoms with Gasteiger partial charge in [0.2, 0.25) is 0 Å². The molecule has 1 aromatic carbocycles. The van der Waals surface area contributed by atoms with Gasteiger partial charge in [-0.3, -0.25) is 4.98 Å². The molecular formula is C25H33NO. The molecule has 0 bridgehead atoms. The van der Waals surface area contributed by atoms with Gasteiger partial charge < -0.3 is 5.11 Å². The summed E-state index contributed by atoms with van der Waals surface area (Å²) in [5, 5.41) is 10.3. The number of rotatable bonds is 8. The summed E-state index contributed by atoms with van der Waals surface area (Å²) in [4.78, 5) is 5.03. The average Bonchev–Trinajstić information content (AvgIpc) is 2.66. The highest BCUT2D eigenvalue weighted by molar-refractivity contribution is 5.85. The monoisotopic (exact) mass is 363 g/mol. The zero-order valence-corrected chi connectivity index (χ0v) is 17.4. The molecule has 1 heterocycles. The summed E-state index contributed by atoms with van der Waals surface area (Å²) < 4.78 is 0. The second kappa shape index (κ2) is 9.66. The lowest BCUT2D eigenvalue weighted by molar-refractivity contribution is 0.280. The van der Waals surface area contributed by atoms with E-state index in [1.165, 1.54) is 0 Å². The van der Waals surface area contributed by atoms with Gasteiger partial charge in [0.25, 0.3) is 0 Å². The second-order valence-corrected chi connectivity index (χ2v) is 7.60. The fourth-order valence-electron chi connectivity index (χ4n) is 3.50. The lowest BCUT2D eigenvalue weighted by Gasteiger charge is -2.23. The number of hydrogen-bond acceptors (Lipinski definition) is 2. The lowest BCUT2D eigenvalue weighted by atomic mass is 9.85. The van der Waals surface area contributed by atoms with Crippen LogP contribution < -0.4 is 0 Å². The third-order valence-electron chi connectivity index (χ3n) is 4.84. The Morgan fingerprint density at radius 3 is 2.30 bits per heavy atom. The average molecular weight is 364 g/mol. The van der Waals surface area contributed by atoms with Gasteiger partial charge in [0, 0.05) is 16.8 Å². The van der Waals surface area contributed by atoms with Crippen molar-refractivity contribution >= 4 is 12.2 Å². The number of benzene rings is 1. The van der Waals surface area contributed by atoms with E-state index >= 15 is 0 Å². The van der Waals surface area contributed by atoms with Gasteiger partial charge in [0.05, 0.1) is 12.3 Å².